The molecule has 0 aliphatic carbocycles. The predicted octanol–water partition coefficient (Wildman–Crippen LogP) is 4.05. The highest BCUT2D eigenvalue weighted by Gasteiger charge is 1.99. The summed E-state index contributed by atoms with van der Waals surface area (Å²) in [5.74, 6) is 2.34. The van der Waals surface area contributed by atoms with E-state index in [-0.39, 0.29) is 0 Å². The summed E-state index contributed by atoms with van der Waals surface area (Å²) in [6, 6.07) is 4.23. The van der Waals surface area contributed by atoms with Crippen LogP contribution >= 0.6 is 0 Å². The number of rotatable bonds is 6. The zero-order valence-electron chi connectivity index (χ0n) is 11.0. The maximum atomic E-state index is 4.41. The van der Waals surface area contributed by atoms with Crippen LogP contribution in [0.15, 0.2) is 18.3 Å². The van der Waals surface area contributed by atoms with Crippen molar-refractivity contribution in [3.63, 3.8) is 0 Å². The van der Waals surface area contributed by atoms with Crippen LogP contribution in [0.4, 0.5) is 5.82 Å². The molecule has 0 aliphatic heterocycles. The molecule has 1 heterocycles. The molecule has 0 spiro atoms. The van der Waals surface area contributed by atoms with E-state index in [1.165, 1.54) is 18.4 Å². The number of anilines is 1. The largest absolute Gasteiger partial charge is 0.370 e. The van der Waals surface area contributed by atoms with Gasteiger partial charge in [-0.25, -0.2) is 4.98 Å². The summed E-state index contributed by atoms with van der Waals surface area (Å²) >= 11 is 0. The van der Waals surface area contributed by atoms with Gasteiger partial charge in [-0.2, -0.15) is 0 Å². The van der Waals surface area contributed by atoms with Gasteiger partial charge in [0.2, 0.25) is 0 Å². The number of nitrogens with zero attached hydrogens (tertiary/aromatic N) is 1. The van der Waals surface area contributed by atoms with Crippen LogP contribution in [0.1, 0.15) is 52.0 Å². The lowest BCUT2D eigenvalue weighted by Gasteiger charge is -2.09. The fourth-order valence-corrected chi connectivity index (χ4v) is 1.58. The molecule has 0 saturated heterocycles. The third-order valence-electron chi connectivity index (χ3n) is 2.72. The highest BCUT2D eigenvalue weighted by Crippen LogP contribution is 2.14. The Labute approximate surface area is 99.5 Å². The molecule has 2 heteroatoms. The van der Waals surface area contributed by atoms with E-state index in [0.29, 0.717) is 5.92 Å². The summed E-state index contributed by atoms with van der Waals surface area (Å²) in [5, 5.41) is 3.36. The maximum Gasteiger partial charge on any atom is 0.125 e. The zero-order chi connectivity index (χ0) is 12.0. The quantitative estimate of drug-likeness (QED) is 0.731. The summed E-state index contributed by atoms with van der Waals surface area (Å²) in [5.41, 5.74) is 1.30. The first kappa shape index (κ1) is 13.0. The van der Waals surface area contributed by atoms with Crippen molar-refractivity contribution < 1.29 is 0 Å². The molecule has 0 amide bonds. The van der Waals surface area contributed by atoms with Crippen LogP contribution in [0.2, 0.25) is 0 Å². The molecule has 0 fully saturated rings. The molecule has 2 nitrogen and oxygen atoms in total. The molecule has 1 rings (SSSR count). The first-order valence-corrected chi connectivity index (χ1v) is 6.29. The minimum absolute atomic E-state index is 0.558. The van der Waals surface area contributed by atoms with Gasteiger partial charge in [-0.15, -0.1) is 0 Å². The molecule has 0 bridgehead atoms. The van der Waals surface area contributed by atoms with E-state index in [1.807, 2.05) is 6.20 Å². The Bertz CT molecular complexity index is 288. The minimum Gasteiger partial charge on any atom is -0.370 e. The van der Waals surface area contributed by atoms with E-state index >= 15 is 0 Å². The minimum atomic E-state index is 0.558. The smallest absolute Gasteiger partial charge is 0.125 e. The molecule has 0 aliphatic rings. The lowest BCUT2D eigenvalue weighted by atomic mass is 10.1. The van der Waals surface area contributed by atoms with E-state index < -0.39 is 0 Å². The summed E-state index contributed by atoms with van der Waals surface area (Å²) in [4.78, 5) is 4.41. The summed E-state index contributed by atoms with van der Waals surface area (Å²) in [6.07, 6.45) is 4.46. The topological polar surface area (TPSA) is 24.9 Å². The molecular formula is C14H24N2. The Morgan fingerprint density at radius 2 is 1.94 bits per heavy atom. The first-order chi connectivity index (χ1) is 7.59. The van der Waals surface area contributed by atoms with Gasteiger partial charge in [0.05, 0.1) is 0 Å². The SMILES string of the molecule is CC(C)CCCNc1ccc(C(C)C)cn1. The molecule has 1 N–H and O–H groups in total. The van der Waals surface area contributed by atoms with Gasteiger partial charge in [-0.05, 0) is 36.3 Å². The standard InChI is InChI=1S/C14H24N2/c1-11(2)6-5-9-15-14-8-7-13(10-16-14)12(3)4/h7-8,10-12H,5-6,9H2,1-4H3,(H,15,16). The van der Waals surface area contributed by atoms with Gasteiger partial charge in [-0.3, -0.25) is 0 Å². The van der Waals surface area contributed by atoms with Crippen molar-refractivity contribution in [1.82, 2.24) is 4.98 Å². The molecule has 0 unspecified atom stereocenters. The molecule has 16 heavy (non-hydrogen) atoms. The van der Waals surface area contributed by atoms with Crippen molar-refractivity contribution in [2.75, 3.05) is 11.9 Å². The average molecular weight is 220 g/mol. The van der Waals surface area contributed by atoms with E-state index in [2.05, 4.69) is 50.1 Å². The molecule has 0 atom stereocenters. The van der Waals surface area contributed by atoms with Gasteiger partial charge in [0.1, 0.15) is 5.82 Å². The van der Waals surface area contributed by atoms with Gasteiger partial charge in [0.15, 0.2) is 0 Å². The monoisotopic (exact) mass is 220 g/mol. The van der Waals surface area contributed by atoms with Crippen LogP contribution in [-0.2, 0) is 0 Å². The second kappa shape index (κ2) is 6.51. The molecule has 1 aromatic rings. The Balaban J connectivity index is 2.32. The van der Waals surface area contributed by atoms with Crippen molar-refractivity contribution in [3.8, 4) is 0 Å². The number of pyridine rings is 1. The van der Waals surface area contributed by atoms with E-state index in [4.69, 9.17) is 0 Å². The van der Waals surface area contributed by atoms with Crippen LogP contribution in [0.5, 0.6) is 0 Å². The van der Waals surface area contributed by atoms with Crippen LogP contribution in [0, 0.1) is 5.92 Å². The van der Waals surface area contributed by atoms with Gasteiger partial charge >= 0.3 is 0 Å². The predicted molar refractivity (Wildman–Crippen MR) is 70.9 cm³/mol. The van der Waals surface area contributed by atoms with Gasteiger partial charge in [-0.1, -0.05) is 33.8 Å². The van der Waals surface area contributed by atoms with Crippen molar-refractivity contribution >= 4 is 5.82 Å². The van der Waals surface area contributed by atoms with Crippen molar-refractivity contribution in [2.45, 2.75) is 46.5 Å². The molecule has 1 aromatic heterocycles. The number of aromatic nitrogens is 1. The lowest BCUT2D eigenvalue weighted by Crippen LogP contribution is -2.04. The molecule has 0 saturated carbocycles. The highest BCUT2D eigenvalue weighted by atomic mass is 15.0. The maximum absolute atomic E-state index is 4.41. The summed E-state index contributed by atoms with van der Waals surface area (Å²) < 4.78 is 0. The average Bonchev–Trinajstić information content (AvgIpc) is 2.25. The second-order valence-electron chi connectivity index (χ2n) is 5.09. The molecule has 0 aromatic carbocycles. The molecule has 0 radical (unpaired) electrons. The van der Waals surface area contributed by atoms with Crippen LogP contribution < -0.4 is 5.32 Å². The third kappa shape index (κ3) is 4.65. The summed E-state index contributed by atoms with van der Waals surface area (Å²) in [7, 11) is 0. The normalized spacial score (nSPS) is 11.1. The van der Waals surface area contributed by atoms with E-state index in [1.54, 1.807) is 0 Å². The Hall–Kier alpha value is -1.05. The fourth-order valence-electron chi connectivity index (χ4n) is 1.58. The van der Waals surface area contributed by atoms with Gasteiger partial charge < -0.3 is 5.32 Å². The van der Waals surface area contributed by atoms with Crippen LogP contribution in [0.3, 0.4) is 0 Å². The second-order valence-corrected chi connectivity index (χ2v) is 5.09. The number of hydrogen-bond acceptors (Lipinski definition) is 2. The number of nitrogens with one attached hydrogen (secondary N) is 1. The van der Waals surface area contributed by atoms with Crippen molar-refractivity contribution in [2.24, 2.45) is 5.92 Å². The summed E-state index contributed by atoms with van der Waals surface area (Å²) in [6.45, 7) is 9.91. The zero-order valence-corrected chi connectivity index (χ0v) is 11.0. The lowest BCUT2D eigenvalue weighted by molar-refractivity contribution is 0.566. The Kier molecular flexibility index (Phi) is 5.30. The number of hydrogen-bond donors (Lipinski definition) is 1. The van der Waals surface area contributed by atoms with Gasteiger partial charge in [0, 0.05) is 12.7 Å². The van der Waals surface area contributed by atoms with Crippen molar-refractivity contribution in [3.05, 3.63) is 23.9 Å². The first-order valence-electron chi connectivity index (χ1n) is 6.29. The van der Waals surface area contributed by atoms with E-state index in [9.17, 15) is 0 Å². The Morgan fingerprint density at radius 1 is 1.19 bits per heavy atom. The highest BCUT2D eigenvalue weighted by molar-refractivity contribution is 5.35. The third-order valence-corrected chi connectivity index (χ3v) is 2.72. The van der Waals surface area contributed by atoms with Gasteiger partial charge in [0.25, 0.3) is 0 Å². The van der Waals surface area contributed by atoms with Crippen molar-refractivity contribution in [1.29, 1.82) is 0 Å². The molecular weight excluding hydrogens is 196 g/mol. The Morgan fingerprint density at radius 3 is 2.44 bits per heavy atom. The fraction of sp³-hybridized carbons (Fsp3) is 0.643. The van der Waals surface area contributed by atoms with Crippen LogP contribution in [-0.4, -0.2) is 11.5 Å². The van der Waals surface area contributed by atoms with E-state index in [0.717, 1.165) is 18.3 Å². The molecule has 90 valence electrons. The van der Waals surface area contributed by atoms with Crippen LogP contribution in [0.25, 0.3) is 0 Å².